The second-order valence-corrected chi connectivity index (χ2v) is 6.35. The molecule has 0 radical (unpaired) electrons. The van der Waals surface area contributed by atoms with Crippen molar-refractivity contribution >= 4 is 12.0 Å². The van der Waals surface area contributed by atoms with Crippen LogP contribution in [0.2, 0.25) is 0 Å². The van der Waals surface area contributed by atoms with E-state index in [2.05, 4.69) is 39.2 Å². The third-order valence-electron chi connectivity index (χ3n) is 4.32. The lowest BCUT2D eigenvalue weighted by Crippen LogP contribution is -2.48. The summed E-state index contributed by atoms with van der Waals surface area (Å²) in [5, 5.41) is 0. The van der Waals surface area contributed by atoms with Crippen LogP contribution in [0.3, 0.4) is 0 Å². The molecule has 130 valence electrons. The van der Waals surface area contributed by atoms with Crippen LogP contribution in [0.4, 0.5) is 0 Å². The molecule has 1 aliphatic rings. The highest BCUT2D eigenvalue weighted by Gasteiger charge is 2.22. The number of amides is 1. The number of aryl methyl sites for hydroxylation is 2. The molecule has 0 bridgehead atoms. The first-order valence-electron chi connectivity index (χ1n) is 8.67. The van der Waals surface area contributed by atoms with Crippen LogP contribution in [0.25, 0.3) is 6.08 Å². The number of carbonyl (C=O) groups is 1. The lowest BCUT2D eigenvalue weighted by atomic mass is 10.2. The van der Waals surface area contributed by atoms with Crippen molar-refractivity contribution in [2.75, 3.05) is 32.7 Å². The number of hydrogen-bond acceptors (Lipinski definition) is 4. The van der Waals surface area contributed by atoms with Crippen molar-refractivity contribution in [1.29, 1.82) is 0 Å². The van der Waals surface area contributed by atoms with Crippen molar-refractivity contribution in [1.82, 2.24) is 19.8 Å². The Morgan fingerprint density at radius 3 is 2.48 bits per heavy atom. The molecule has 0 N–H and O–H groups in total. The third-order valence-corrected chi connectivity index (χ3v) is 4.32. The van der Waals surface area contributed by atoms with Gasteiger partial charge in [-0.3, -0.25) is 9.69 Å². The summed E-state index contributed by atoms with van der Waals surface area (Å²) in [7, 11) is 0. The van der Waals surface area contributed by atoms with Crippen LogP contribution in [0.1, 0.15) is 27.6 Å². The van der Waals surface area contributed by atoms with Crippen LogP contribution in [-0.2, 0) is 0 Å². The van der Waals surface area contributed by atoms with Gasteiger partial charge in [0.1, 0.15) is 11.5 Å². The Hall–Kier alpha value is -2.53. The van der Waals surface area contributed by atoms with Crippen molar-refractivity contribution in [2.45, 2.75) is 13.8 Å². The number of aromatic nitrogens is 2. The van der Waals surface area contributed by atoms with Gasteiger partial charge >= 0.3 is 0 Å². The molecule has 25 heavy (non-hydrogen) atoms. The van der Waals surface area contributed by atoms with Gasteiger partial charge in [-0.15, -0.1) is 0 Å². The predicted molar refractivity (Wildman–Crippen MR) is 99.3 cm³/mol. The molecule has 0 saturated carbocycles. The molecule has 2 aromatic rings. The van der Waals surface area contributed by atoms with E-state index >= 15 is 0 Å². The third kappa shape index (κ3) is 4.73. The fraction of sp³-hybridized carbons (Fsp3) is 0.350. The maximum atomic E-state index is 12.6. The first kappa shape index (κ1) is 17.3. The second kappa shape index (κ2) is 8.03. The zero-order valence-corrected chi connectivity index (χ0v) is 14.9. The van der Waals surface area contributed by atoms with Gasteiger partial charge in [0, 0.05) is 38.4 Å². The Bertz CT molecular complexity index is 729. The average Bonchev–Trinajstić information content (AvgIpc) is 2.62. The van der Waals surface area contributed by atoms with Gasteiger partial charge in [-0.25, -0.2) is 9.97 Å². The smallest absolute Gasteiger partial charge is 0.272 e. The molecule has 2 heterocycles. The topological polar surface area (TPSA) is 49.3 Å². The van der Waals surface area contributed by atoms with Gasteiger partial charge in [0.25, 0.3) is 5.91 Å². The zero-order chi connectivity index (χ0) is 17.6. The lowest BCUT2D eigenvalue weighted by Gasteiger charge is -2.34. The molecular formula is C20H24N4O. The van der Waals surface area contributed by atoms with Gasteiger partial charge in [0.2, 0.25) is 0 Å². The van der Waals surface area contributed by atoms with Gasteiger partial charge in [-0.1, -0.05) is 42.5 Å². The number of nitrogens with zero attached hydrogens (tertiary/aromatic N) is 4. The number of hydrogen-bond donors (Lipinski definition) is 0. The Kier molecular flexibility index (Phi) is 5.56. The fourth-order valence-electron chi connectivity index (χ4n) is 3.02. The maximum absolute atomic E-state index is 12.6. The van der Waals surface area contributed by atoms with E-state index in [1.165, 1.54) is 5.56 Å². The summed E-state index contributed by atoms with van der Waals surface area (Å²) in [5.41, 5.74) is 2.55. The summed E-state index contributed by atoms with van der Waals surface area (Å²) < 4.78 is 0. The van der Waals surface area contributed by atoms with Crippen molar-refractivity contribution in [3.05, 3.63) is 65.2 Å². The van der Waals surface area contributed by atoms with E-state index in [1.54, 1.807) is 6.07 Å². The first-order valence-corrected chi connectivity index (χ1v) is 8.67. The van der Waals surface area contributed by atoms with Gasteiger partial charge in [-0.05, 0) is 25.5 Å². The molecule has 0 aliphatic carbocycles. The van der Waals surface area contributed by atoms with E-state index in [9.17, 15) is 4.79 Å². The van der Waals surface area contributed by atoms with Crippen LogP contribution in [0.5, 0.6) is 0 Å². The monoisotopic (exact) mass is 336 g/mol. The molecule has 0 unspecified atom stereocenters. The predicted octanol–water partition coefficient (Wildman–Crippen LogP) is 2.56. The number of benzene rings is 1. The molecule has 1 fully saturated rings. The van der Waals surface area contributed by atoms with Crippen molar-refractivity contribution < 1.29 is 4.79 Å². The van der Waals surface area contributed by atoms with E-state index in [0.29, 0.717) is 11.5 Å². The normalized spacial score (nSPS) is 15.7. The quantitative estimate of drug-likeness (QED) is 0.861. The Balaban J connectivity index is 1.51. The molecule has 1 aromatic heterocycles. The van der Waals surface area contributed by atoms with Gasteiger partial charge < -0.3 is 4.90 Å². The number of carbonyl (C=O) groups excluding carboxylic acids is 1. The van der Waals surface area contributed by atoms with Crippen LogP contribution in [0, 0.1) is 13.8 Å². The van der Waals surface area contributed by atoms with E-state index in [0.717, 1.165) is 38.4 Å². The summed E-state index contributed by atoms with van der Waals surface area (Å²) >= 11 is 0. The highest BCUT2D eigenvalue weighted by molar-refractivity contribution is 5.92. The van der Waals surface area contributed by atoms with Crippen LogP contribution >= 0.6 is 0 Å². The molecule has 0 spiro atoms. The number of rotatable bonds is 4. The first-order chi connectivity index (χ1) is 12.1. The molecular weight excluding hydrogens is 312 g/mol. The van der Waals surface area contributed by atoms with Crippen molar-refractivity contribution in [3.8, 4) is 0 Å². The molecule has 5 nitrogen and oxygen atoms in total. The molecule has 5 heteroatoms. The van der Waals surface area contributed by atoms with Crippen LogP contribution in [0.15, 0.2) is 42.5 Å². The highest BCUT2D eigenvalue weighted by Crippen LogP contribution is 2.09. The molecule has 1 amide bonds. The van der Waals surface area contributed by atoms with Gasteiger partial charge in [0.05, 0.1) is 0 Å². The minimum atomic E-state index is 0.00748. The van der Waals surface area contributed by atoms with Gasteiger partial charge in [0.15, 0.2) is 0 Å². The van der Waals surface area contributed by atoms with Crippen molar-refractivity contribution in [3.63, 3.8) is 0 Å². The SMILES string of the molecule is Cc1cc(C(=O)N2CCN(C/C=C/c3ccccc3)CC2)nc(C)n1. The molecule has 1 aliphatic heterocycles. The Labute approximate surface area is 149 Å². The van der Waals surface area contributed by atoms with Crippen LogP contribution < -0.4 is 0 Å². The number of piperazine rings is 1. The Morgan fingerprint density at radius 2 is 1.80 bits per heavy atom. The van der Waals surface area contributed by atoms with E-state index in [1.807, 2.05) is 36.9 Å². The largest absolute Gasteiger partial charge is 0.335 e. The van der Waals surface area contributed by atoms with E-state index < -0.39 is 0 Å². The summed E-state index contributed by atoms with van der Waals surface area (Å²) in [4.78, 5) is 25.4. The minimum Gasteiger partial charge on any atom is -0.335 e. The highest BCUT2D eigenvalue weighted by atomic mass is 16.2. The lowest BCUT2D eigenvalue weighted by molar-refractivity contribution is 0.0644. The van der Waals surface area contributed by atoms with Gasteiger partial charge in [-0.2, -0.15) is 0 Å². The molecule has 1 saturated heterocycles. The standard InChI is InChI=1S/C20H24N4O/c1-16-15-19(22-17(2)21-16)20(25)24-13-11-23(12-14-24)10-6-9-18-7-4-3-5-8-18/h3-9,15H,10-14H2,1-2H3/b9-6+. The van der Waals surface area contributed by atoms with E-state index in [-0.39, 0.29) is 5.91 Å². The Morgan fingerprint density at radius 1 is 1.08 bits per heavy atom. The second-order valence-electron chi connectivity index (χ2n) is 6.35. The molecule has 3 rings (SSSR count). The van der Waals surface area contributed by atoms with Crippen molar-refractivity contribution in [2.24, 2.45) is 0 Å². The van der Waals surface area contributed by atoms with E-state index in [4.69, 9.17) is 0 Å². The molecule has 0 atom stereocenters. The fourth-order valence-corrected chi connectivity index (χ4v) is 3.02. The average molecular weight is 336 g/mol. The summed E-state index contributed by atoms with van der Waals surface area (Å²) in [6.07, 6.45) is 4.33. The molecule has 1 aromatic carbocycles. The zero-order valence-electron chi connectivity index (χ0n) is 14.9. The maximum Gasteiger partial charge on any atom is 0.272 e. The minimum absolute atomic E-state index is 0.00748. The summed E-state index contributed by atoms with van der Waals surface area (Å²) in [6.45, 7) is 7.86. The summed E-state index contributed by atoms with van der Waals surface area (Å²) in [6, 6.07) is 12.1. The summed E-state index contributed by atoms with van der Waals surface area (Å²) in [5.74, 6) is 0.654. The van der Waals surface area contributed by atoms with Crippen LogP contribution in [-0.4, -0.2) is 58.4 Å².